The number of rotatable bonds is 4. The van der Waals surface area contributed by atoms with E-state index < -0.39 is 29.6 Å². The Hall–Kier alpha value is -2.13. The Morgan fingerprint density at radius 2 is 1.92 bits per heavy atom. The first-order chi connectivity index (χ1) is 11.0. The highest BCUT2D eigenvalue weighted by Gasteiger charge is 2.58. The lowest BCUT2D eigenvalue weighted by Gasteiger charge is -2.31. The van der Waals surface area contributed by atoms with Crippen molar-refractivity contribution in [1.29, 1.82) is 0 Å². The number of benzene rings is 1. The molecule has 2 rings (SSSR count). The first-order valence-corrected chi connectivity index (χ1v) is 7.18. The number of aryl methyl sites for hydroxylation is 1. The molecule has 1 aliphatic rings. The molecule has 2 atom stereocenters. The number of halogens is 3. The van der Waals surface area contributed by atoms with Crippen LogP contribution in [-0.2, 0) is 20.7 Å². The molecule has 0 aliphatic carbocycles. The number of alkyl halides is 3. The molecule has 2 unspecified atom stereocenters. The quantitative estimate of drug-likeness (QED) is 0.631. The van der Waals surface area contributed by atoms with Gasteiger partial charge in [0.15, 0.2) is 0 Å². The zero-order chi connectivity index (χ0) is 18.2. The molecule has 3 N–H and O–H groups in total. The molecule has 0 saturated carbocycles. The summed E-state index contributed by atoms with van der Waals surface area (Å²) in [5.74, 6) is -5.38. The van der Waals surface area contributed by atoms with Crippen molar-refractivity contribution in [3.8, 4) is 0 Å². The van der Waals surface area contributed by atoms with Crippen molar-refractivity contribution in [2.75, 3.05) is 7.05 Å². The van der Waals surface area contributed by atoms with Crippen LogP contribution in [0.5, 0.6) is 0 Å². The minimum absolute atomic E-state index is 0.267. The van der Waals surface area contributed by atoms with Crippen molar-refractivity contribution in [1.82, 2.24) is 10.2 Å². The van der Waals surface area contributed by atoms with Crippen LogP contribution in [0.1, 0.15) is 18.9 Å². The predicted octanol–water partition coefficient (Wildman–Crippen LogP) is 1.11. The van der Waals surface area contributed by atoms with Gasteiger partial charge in [-0.15, -0.1) is 0 Å². The predicted molar refractivity (Wildman–Crippen MR) is 78.1 cm³/mol. The van der Waals surface area contributed by atoms with Gasteiger partial charge in [0, 0.05) is 7.05 Å². The van der Waals surface area contributed by atoms with E-state index >= 15 is 0 Å². The number of hydrogen-bond donors (Lipinski definition) is 2. The van der Waals surface area contributed by atoms with Crippen LogP contribution >= 0.6 is 0 Å². The van der Waals surface area contributed by atoms with Gasteiger partial charge in [-0.3, -0.25) is 15.4 Å². The first-order valence-electron chi connectivity index (χ1n) is 7.18. The summed E-state index contributed by atoms with van der Waals surface area (Å²) in [6, 6.07) is 9.26. The number of likely N-dealkylation sites (N-methyl/N-ethyl adjacent to an activating group) is 1. The van der Waals surface area contributed by atoms with E-state index in [0.29, 0.717) is 6.42 Å². The Kier molecular flexibility index (Phi) is 4.60. The van der Waals surface area contributed by atoms with Gasteiger partial charge in [0.1, 0.15) is 5.54 Å². The van der Waals surface area contributed by atoms with E-state index in [0.717, 1.165) is 10.5 Å². The molecule has 0 aromatic heterocycles. The minimum atomic E-state index is -5.21. The topological polar surface area (TPSA) is 84.7 Å². The maximum atomic E-state index is 12.4. The van der Waals surface area contributed by atoms with E-state index in [9.17, 15) is 22.8 Å². The van der Waals surface area contributed by atoms with E-state index in [1.54, 1.807) is 0 Å². The molecule has 1 aliphatic heterocycles. The van der Waals surface area contributed by atoms with Gasteiger partial charge in [0.05, 0.1) is 0 Å². The van der Waals surface area contributed by atoms with Crippen LogP contribution in [-0.4, -0.2) is 41.5 Å². The second kappa shape index (κ2) is 6.06. The summed E-state index contributed by atoms with van der Waals surface area (Å²) < 4.78 is 41.5. The minimum Gasteiger partial charge on any atom is -0.404 e. The van der Waals surface area contributed by atoms with Gasteiger partial charge in [-0.1, -0.05) is 30.3 Å². The Bertz CT molecular complexity index is 638. The third-order valence-corrected chi connectivity index (χ3v) is 3.97. The molecule has 6 nitrogen and oxygen atoms in total. The SMILES string of the molecule is CN1C(=O)C(C)(CCc2ccccc2)NC1(N)OC(=O)C(F)(F)F. The zero-order valence-electron chi connectivity index (χ0n) is 13.2. The van der Waals surface area contributed by atoms with Crippen molar-refractivity contribution in [3.63, 3.8) is 0 Å². The number of nitrogens with one attached hydrogen (secondary N) is 1. The highest BCUT2D eigenvalue weighted by atomic mass is 19.4. The molecular formula is C15H18F3N3O3. The average Bonchev–Trinajstić information content (AvgIpc) is 2.67. The van der Waals surface area contributed by atoms with Crippen molar-refractivity contribution < 1.29 is 27.5 Å². The summed E-state index contributed by atoms with van der Waals surface area (Å²) in [7, 11) is 1.17. The van der Waals surface area contributed by atoms with E-state index in [2.05, 4.69) is 10.1 Å². The third kappa shape index (κ3) is 3.51. The van der Waals surface area contributed by atoms with E-state index in [-0.39, 0.29) is 6.42 Å². The molecule has 0 radical (unpaired) electrons. The summed E-state index contributed by atoms with van der Waals surface area (Å²) >= 11 is 0. The van der Waals surface area contributed by atoms with Crippen LogP contribution < -0.4 is 11.1 Å². The maximum Gasteiger partial charge on any atom is 0.491 e. The van der Waals surface area contributed by atoms with Crippen LogP contribution in [0.25, 0.3) is 0 Å². The standard InChI is InChI=1S/C15H18F3N3O3/c1-13(9-8-10-6-4-3-5-7-10)11(22)21(2)15(19,20-13)24-12(23)14(16,17)18/h3-7,20H,8-9,19H2,1-2H3. The van der Waals surface area contributed by atoms with Crippen molar-refractivity contribution in [3.05, 3.63) is 35.9 Å². The molecule has 1 aromatic rings. The van der Waals surface area contributed by atoms with E-state index in [1.165, 1.54) is 14.0 Å². The third-order valence-electron chi connectivity index (χ3n) is 3.97. The highest BCUT2D eigenvalue weighted by molar-refractivity contribution is 5.89. The monoisotopic (exact) mass is 345 g/mol. The molecule has 0 spiro atoms. The number of esters is 1. The molecule has 1 fully saturated rings. The molecule has 1 heterocycles. The zero-order valence-corrected chi connectivity index (χ0v) is 13.2. The number of nitrogens with two attached hydrogens (primary N) is 1. The lowest BCUT2D eigenvalue weighted by atomic mass is 9.93. The Labute approximate surface area is 136 Å². The number of nitrogens with zero attached hydrogens (tertiary/aromatic N) is 1. The van der Waals surface area contributed by atoms with Gasteiger partial charge in [-0.25, -0.2) is 10.1 Å². The van der Waals surface area contributed by atoms with Crippen LogP contribution in [0, 0.1) is 0 Å². The summed E-state index contributed by atoms with van der Waals surface area (Å²) in [4.78, 5) is 24.2. The number of amides is 1. The highest BCUT2D eigenvalue weighted by Crippen LogP contribution is 2.30. The molecule has 132 valence electrons. The fourth-order valence-corrected chi connectivity index (χ4v) is 2.56. The molecule has 1 aromatic carbocycles. The van der Waals surface area contributed by atoms with Crippen molar-refractivity contribution in [2.24, 2.45) is 5.73 Å². The number of carbonyl (C=O) groups is 2. The number of hydrogen-bond acceptors (Lipinski definition) is 5. The molecule has 9 heteroatoms. The van der Waals surface area contributed by atoms with Crippen LogP contribution in [0.4, 0.5) is 13.2 Å². The lowest BCUT2D eigenvalue weighted by Crippen LogP contribution is -2.64. The van der Waals surface area contributed by atoms with Gasteiger partial charge in [-0.05, 0) is 25.3 Å². The van der Waals surface area contributed by atoms with Crippen molar-refractivity contribution in [2.45, 2.75) is 37.5 Å². The average molecular weight is 345 g/mol. The van der Waals surface area contributed by atoms with Crippen LogP contribution in [0.3, 0.4) is 0 Å². The van der Waals surface area contributed by atoms with Gasteiger partial charge in [0.2, 0.25) is 5.91 Å². The summed E-state index contributed by atoms with van der Waals surface area (Å²) in [6.07, 6.45) is -4.45. The Morgan fingerprint density at radius 3 is 2.46 bits per heavy atom. The second-order valence-electron chi connectivity index (χ2n) is 5.89. The van der Waals surface area contributed by atoms with Crippen LogP contribution in [0.2, 0.25) is 0 Å². The molecular weight excluding hydrogens is 327 g/mol. The second-order valence-corrected chi connectivity index (χ2v) is 5.89. The van der Waals surface area contributed by atoms with Gasteiger partial charge in [-0.2, -0.15) is 13.2 Å². The van der Waals surface area contributed by atoms with Gasteiger partial charge >= 0.3 is 18.1 Å². The molecule has 1 saturated heterocycles. The van der Waals surface area contributed by atoms with Gasteiger partial charge in [0.25, 0.3) is 0 Å². The summed E-state index contributed by atoms with van der Waals surface area (Å²) in [5, 5.41) is 2.53. The molecule has 1 amide bonds. The first kappa shape index (κ1) is 18.2. The van der Waals surface area contributed by atoms with Gasteiger partial charge < -0.3 is 4.74 Å². The van der Waals surface area contributed by atoms with E-state index in [4.69, 9.17) is 5.73 Å². The van der Waals surface area contributed by atoms with E-state index in [1.807, 2.05) is 30.3 Å². The smallest absolute Gasteiger partial charge is 0.404 e. The maximum absolute atomic E-state index is 12.4. The number of carbonyl (C=O) groups excluding carboxylic acids is 2. The number of ether oxygens (including phenoxy) is 1. The lowest BCUT2D eigenvalue weighted by molar-refractivity contribution is -0.228. The molecule has 0 bridgehead atoms. The normalized spacial score (nSPS) is 27.4. The van der Waals surface area contributed by atoms with Crippen molar-refractivity contribution >= 4 is 11.9 Å². The fourth-order valence-electron chi connectivity index (χ4n) is 2.56. The largest absolute Gasteiger partial charge is 0.491 e. The molecule has 24 heavy (non-hydrogen) atoms. The summed E-state index contributed by atoms with van der Waals surface area (Å²) in [6.45, 7) is 1.50. The summed E-state index contributed by atoms with van der Waals surface area (Å²) in [5.41, 5.74) is 5.38. The Morgan fingerprint density at radius 1 is 1.33 bits per heavy atom. The van der Waals surface area contributed by atoms with Crippen LogP contribution in [0.15, 0.2) is 30.3 Å². The Balaban J connectivity index is 2.13. The fraction of sp³-hybridized carbons (Fsp3) is 0.467.